The van der Waals surface area contributed by atoms with E-state index in [2.05, 4.69) is 21.5 Å². The Kier molecular flexibility index (Phi) is 2.60. The zero-order chi connectivity index (χ0) is 12.5. The zero-order valence-electron chi connectivity index (χ0n) is 10.3. The Bertz CT molecular complexity index is 683. The fraction of sp³-hybridized carbons (Fsp3) is 0.231. The minimum Gasteiger partial charge on any atom is -0.443 e. The number of hydrogen-bond acceptors (Lipinski definition) is 4. The SMILES string of the molecule is CNCc1cc(-c2ccc3ncoc3c2)nn1C. The van der Waals surface area contributed by atoms with E-state index in [1.807, 2.05) is 37.0 Å². The highest BCUT2D eigenvalue weighted by molar-refractivity contribution is 5.78. The van der Waals surface area contributed by atoms with Crippen LogP contribution >= 0.6 is 0 Å². The molecule has 5 nitrogen and oxygen atoms in total. The molecule has 0 aliphatic rings. The van der Waals surface area contributed by atoms with Crippen LogP contribution in [0.1, 0.15) is 5.69 Å². The first-order valence-electron chi connectivity index (χ1n) is 5.79. The maximum absolute atomic E-state index is 5.31. The van der Waals surface area contributed by atoms with Crippen LogP contribution in [0.25, 0.3) is 22.4 Å². The van der Waals surface area contributed by atoms with E-state index < -0.39 is 0 Å². The largest absolute Gasteiger partial charge is 0.443 e. The second-order valence-corrected chi connectivity index (χ2v) is 4.21. The van der Waals surface area contributed by atoms with Gasteiger partial charge in [0, 0.05) is 19.2 Å². The molecule has 0 saturated heterocycles. The van der Waals surface area contributed by atoms with Gasteiger partial charge in [-0.3, -0.25) is 4.68 Å². The van der Waals surface area contributed by atoms with Crippen LogP contribution in [0.5, 0.6) is 0 Å². The van der Waals surface area contributed by atoms with Crippen molar-refractivity contribution < 1.29 is 4.42 Å². The minimum absolute atomic E-state index is 0.785. The van der Waals surface area contributed by atoms with Crippen LogP contribution in [-0.4, -0.2) is 21.8 Å². The molecule has 0 aliphatic heterocycles. The quantitative estimate of drug-likeness (QED) is 0.762. The van der Waals surface area contributed by atoms with Gasteiger partial charge in [0.15, 0.2) is 12.0 Å². The summed E-state index contributed by atoms with van der Waals surface area (Å²) in [5.41, 5.74) is 4.78. The Hall–Kier alpha value is -2.14. The molecule has 18 heavy (non-hydrogen) atoms. The first-order valence-corrected chi connectivity index (χ1v) is 5.79. The van der Waals surface area contributed by atoms with Gasteiger partial charge in [0.1, 0.15) is 5.52 Å². The molecule has 1 aromatic carbocycles. The zero-order valence-corrected chi connectivity index (χ0v) is 10.3. The topological polar surface area (TPSA) is 55.9 Å². The number of hydrogen-bond donors (Lipinski definition) is 1. The molecule has 3 rings (SSSR count). The third kappa shape index (κ3) is 1.78. The van der Waals surface area contributed by atoms with E-state index in [9.17, 15) is 0 Å². The number of benzene rings is 1. The third-order valence-corrected chi connectivity index (χ3v) is 2.96. The van der Waals surface area contributed by atoms with Gasteiger partial charge in [0.05, 0.1) is 11.4 Å². The van der Waals surface area contributed by atoms with Gasteiger partial charge in [0.25, 0.3) is 0 Å². The van der Waals surface area contributed by atoms with Gasteiger partial charge in [-0.2, -0.15) is 5.10 Å². The van der Waals surface area contributed by atoms with Gasteiger partial charge >= 0.3 is 0 Å². The lowest BCUT2D eigenvalue weighted by molar-refractivity contribution is 0.602. The van der Waals surface area contributed by atoms with Gasteiger partial charge in [-0.25, -0.2) is 4.98 Å². The average molecular weight is 242 g/mol. The van der Waals surface area contributed by atoms with E-state index in [1.165, 1.54) is 6.39 Å². The van der Waals surface area contributed by atoms with Crippen LogP contribution in [0.2, 0.25) is 0 Å². The van der Waals surface area contributed by atoms with Gasteiger partial charge in [-0.1, -0.05) is 6.07 Å². The minimum atomic E-state index is 0.785. The van der Waals surface area contributed by atoms with Crippen molar-refractivity contribution in [1.29, 1.82) is 0 Å². The van der Waals surface area contributed by atoms with Crippen molar-refractivity contribution in [3.8, 4) is 11.3 Å². The lowest BCUT2D eigenvalue weighted by atomic mass is 10.1. The van der Waals surface area contributed by atoms with E-state index in [1.54, 1.807) is 0 Å². The summed E-state index contributed by atoms with van der Waals surface area (Å²) < 4.78 is 7.19. The normalized spacial score (nSPS) is 11.2. The molecule has 2 aromatic heterocycles. The Balaban J connectivity index is 2.05. The summed E-state index contributed by atoms with van der Waals surface area (Å²) in [4.78, 5) is 4.10. The number of aryl methyl sites for hydroxylation is 1. The molecule has 0 saturated carbocycles. The molecule has 0 aliphatic carbocycles. The van der Waals surface area contributed by atoms with Gasteiger partial charge in [0.2, 0.25) is 0 Å². The molecule has 0 amide bonds. The maximum Gasteiger partial charge on any atom is 0.181 e. The van der Waals surface area contributed by atoms with E-state index in [0.29, 0.717) is 0 Å². The molecule has 1 N–H and O–H groups in total. The van der Waals surface area contributed by atoms with Crippen LogP contribution in [-0.2, 0) is 13.6 Å². The molecule has 0 atom stereocenters. The van der Waals surface area contributed by atoms with Crippen LogP contribution in [0.4, 0.5) is 0 Å². The van der Waals surface area contributed by atoms with Crippen molar-refractivity contribution in [1.82, 2.24) is 20.1 Å². The monoisotopic (exact) mass is 242 g/mol. The molecule has 0 spiro atoms. The van der Waals surface area contributed by atoms with Gasteiger partial charge < -0.3 is 9.73 Å². The molecule has 2 heterocycles. The number of fused-ring (bicyclic) bond motifs is 1. The van der Waals surface area contributed by atoms with Crippen LogP contribution in [0.3, 0.4) is 0 Å². The molecule has 5 heteroatoms. The predicted octanol–water partition coefficient (Wildman–Crippen LogP) is 1.95. The Morgan fingerprint density at radius 2 is 2.22 bits per heavy atom. The summed E-state index contributed by atoms with van der Waals surface area (Å²) in [5, 5.41) is 7.63. The highest BCUT2D eigenvalue weighted by Crippen LogP contribution is 2.23. The third-order valence-electron chi connectivity index (χ3n) is 2.96. The van der Waals surface area contributed by atoms with Crippen molar-refractivity contribution in [2.24, 2.45) is 7.05 Å². The summed E-state index contributed by atoms with van der Waals surface area (Å²) in [5.74, 6) is 0. The fourth-order valence-corrected chi connectivity index (χ4v) is 2.01. The first kappa shape index (κ1) is 11.0. The summed E-state index contributed by atoms with van der Waals surface area (Å²) in [6.45, 7) is 0.800. The number of aromatic nitrogens is 3. The maximum atomic E-state index is 5.31. The number of rotatable bonds is 3. The Labute approximate surface area is 104 Å². The lowest BCUT2D eigenvalue weighted by Crippen LogP contribution is -2.09. The summed E-state index contributed by atoms with van der Waals surface area (Å²) in [6.07, 6.45) is 1.46. The molecule has 0 bridgehead atoms. The molecular weight excluding hydrogens is 228 g/mol. The Morgan fingerprint density at radius 3 is 3.06 bits per heavy atom. The van der Waals surface area contributed by atoms with Crippen molar-refractivity contribution in [2.45, 2.75) is 6.54 Å². The van der Waals surface area contributed by atoms with Crippen LogP contribution in [0.15, 0.2) is 35.1 Å². The number of oxazole rings is 1. The molecule has 0 fully saturated rings. The van der Waals surface area contributed by atoms with Gasteiger partial charge in [-0.05, 0) is 25.2 Å². The van der Waals surface area contributed by atoms with Crippen molar-refractivity contribution in [2.75, 3.05) is 7.05 Å². The average Bonchev–Trinajstić information content (AvgIpc) is 2.96. The smallest absolute Gasteiger partial charge is 0.181 e. The van der Waals surface area contributed by atoms with Crippen molar-refractivity contribution in [3.05, 3.63) is 36.4 Å². The number of nitrogens with one attached hydrogen (secondary N) is 1. The second-order valence-electron chi connectivity index (χ2n) is 4.21. The standard InChI is InChI=1S/C13H14N4O/c1-14-7-10-6-12(16-17(10)2)9-3-4-11-13(5-9)18-8-15-11/h3-6,8,14H,7H2,1-2H3. The molecule has 0 unspecified atom stereocenters. The molecule has 92 valence electrons. The predicted molar refractivity (Wildman–Crippen MR) is 69.0 cm³/mol. The molecule has 3 aromatic rings. The van der Waals surface area contributed by atoms with E-state index in [-0.39, 0.29) is 0 Å². The van der Waals surface area contributed by atoms with Crippen LogP contribution in [0, 0.1) is 0 Å². The summed E-state index contributed by atoms with van der Waals surface area (Å²) in [6, 6.07) is 8.00. The first-order chi connectivity index (χ1) is 8.78. The van der Waals surface area contributed by atoms with Crippen molar-refractivity contribution in [3.63, 3.8) is 0 Å². The highest BCUT2D eigenvalue weighted by atomic mass is 16.3. The van der Waals surface area contributed by atoms with E-state index in [0.717, 1.165) is 34.6 Å². The second kappa shape index (κ2) is 4.27. The molecule has 0 radical (unpaired) electrons. The number of nitrogens with zero attached hydrogens (tertiary/aromatic N) is 3. The lowest BCUT2D eigenvalue weighted by Gasteiger charge is -1.97. The van der Waals surface area contributed by atoms with Crippen LogP contribution < -0.4 is 5.32 Å². The fourth-order valence-electron chi connectivity index (χ4n) is 2.01. The summed E-state index contributed by atoms with van der Waals surface area (Å²) >= 11 is 0. The van der Waals surface area contributed by atoms with Crippen molar-refractivity contribution >= 4 is 11.1 Å². The highest BCUT2D eigenvalue weighted by Gasteiger charge is 2.08. The molecular formula is C13H14N4O. The van der Waals surface area contributed by atoms with E-state index in [4.69, 9.17) is 4.42 Å². The Morgan fingerprint density at radius 1 is 1.33 bits per heavy atom. The summed E-state index contributed by atoms with van der Waals surface area (Å²) in [7, 11) is 3.87. The van der Waals surface area contributed by atoms with Gasteiger partial charge in [-0.15, -0.1) is 0 Å². The van der Waals surface area contributed by atoms with E-state index >= 15 is 0 Å².